The first-order valence-corrected chi connectivity index (χ1v) is 15.8. The smallest absolute Gasteiger partial charge is 0.251 e. The number of hydrogen-bond donors (Lipinski definition) is 1. The summed E-state index contributed by atoms with van der Waals surface area (Å²) in [5.74, 6) is 1.000. The Morgan fingerprint density at radius 3 is 2.41 bits per heavy atom. The maximum absolute atomic E-state index is 12.9. The average molecular weight is 627 g/mol. The van der Waals surface area contributed by atoms with E-state index in [2.05, 4.69) is 49.6 Å². The molecule has 1 aliphatic heterocycles. The minimum absolute atomic E-state index is 0.159. The van der Waals surface area contributed by atoms with Crippen molar-refractivity contribution in [1.29, 1.82) is 0 Å². The fourth-order valence-electron chi connectivity index (χ4n) is 4.38. The Morgan fingerprint density at radius 1 is 1.00 bits per heavy atom. The highest BCUT2D eigenvalue weighted by atomic mass is 79.9. The van der Waals surface area contributed by atoms with Gasteiger partial charge < -0.3 is 5.32 Å². The standard InChI is InChI=1S/C28H28BrN5O3S2/c1-20-5-4-6-24(17-20)34-26(31-32-28(34)38-19-21-7-11-23(29)12-8-21)18-30-27(35)22-9-13-25(14-10-22)39(36,37)33-15-2-3-16-33/h4-14,17H,2-3,15-16,18-19H2,1H3,(H,30,35). The number of amides is 1. The molecule has 1 aliphatic rings. The van der Waals surface area contributed by atoms with E-state index in [0.717, 1.165) is 45.0 Å². The van der Waals surface area contributed by atoms with E-state index in [1.165, 1.54) is 16.4 Å². The molecule has 0 aliphatic carbocycles. The first-order chi connectivity index (χ1) is 18.8. The lowest BCUT2D eigenvalue weighted by Crippen LogP contribution is -2.28. The molecular weight excluding hydrogens is 598 g/mol. The summed E-state index contributed by atoms with van der Waals surface area (Å²) in [4.78, 5) is 13.1. The molecule has 0 radical (unpaired) electrons. The summed E-state index contributed by atoms with van der Waals surface area (Å²) in [6.07, 6.45) is 1.74. The number of thioether (sulfide) groups is 1. The number of sulfonamides is 1. The van der Waals surface area contributed by atoms with E-state index in [1.54, 1.807) is 23.9 Å². The van der Waals surface area contributed by atoms with Gasteiger partial charge in [0.1, 0.15) is 0 Å². The first kappa shape index (κ1) is 27.6. The number of halogens is 1. The molecule has 202 valence electrons. The van der Waals surface area contributed by atoms with Crippen molar-refractivity contribution < 1.29 is 13.2 Å². The van der Waals surface area contributed by atoms with E-state index in [1.807, 2.05) is 41.8 Å². The Bertz CT molecular complexity index is 1570. The Labute approximate surface area is 241 Å². The van der Waals surface area contributed by atoms with Crippen LogP contribution in [0.5, 0.6) is 0 Å². The molecule has 11 heteroatoms. The molecule has 4 aromatic rings. The van der Waals surface area contributed by atoms with E-state index in [-0.39, 0.29) is 17.3 Å². The predicted octanol–water partition coefficient (Wildman–Crippen LogP) is 5.35. The summed E-state index contributed by atoms with van der Waals surface area (Å²) >= 11 is 5.04. The fourth-order valence-corrected chi connectivity index (χ4v) is 7.09. The monoisotopic (exact) mass is 625 g/mol. The van der Waals surface area contributed by atoms with Crippen LogP contribution in [0.1, 0.15) is 40.2 Å². The third-order valence-electron chi connectivity index (χ3n) is 6.47. The number of carbonyl (C=O) groups is 1. The van der Waals surface area contributed by atoms with Crippen molar-refractivity contribution in [3.8, 4) is 5.69 Å². The van der Waals surface area contributed by atoms with E-state index in [4.69, 9.17) is 0 Å². The molecule has 2 heterocycles. The Hall–Kier alpha value is -2.99. The zero-order chi connectivity index (χ0) is 27.4. The van der Waals surface area contributed by atoms with Crippen molar-refractivity contribution in [3.05, 3.63) is 99.8 Å². The van der Waals surface area contributed by atoms with Crippen molar-refractivity contribution in [2.45, 2.75) is 42.1 Å². The van der Waals surface area contributed by atoms with Crippen LogP contribution in [-0.2, 0) is 22.3 Å². The van der Waals surface area contributed by atoms with Crippen LogP contribution in [0.3, 0.4) is 0 Å². The topological polar surface area (TPSA) is 97.2 Å². The van der Waals surface area contributed by atoms with Gasteiger partial charge in [-0.15, -0.1) is 10.2 Å². The minimum Gasteiger partial charge on any atom is -0.345 e. The van der Waals surface area contributed by atoms with Crippen molar-refractivity contribution in [3.63, 3.8) is 0 Å². The van der Waals surface area contributed by atoms with Crippen LogP contribution in [0.4, 0.5) is 0 Å². The summed E-state index contributed by atoms with van der Waals surface area (Å²) < 4.78 is 30.1. The SMILES string of the molecule is Cc1cccc(-n2c(CNC(=O)c3ccc(S(=O)(=O)N4CCCC4)cc3)nnc2SCc2ccc(Br)cc2)c1. The van der Waals surface area contributed by atoms with Gasteiger partial charge >= 0.3 is 0 Å². The third kappa shape index (κ3) is 6.43. The highest BCUT2D eigenvalue weighted by Gasteiger charge is 2.27. The summed E-state index contributed by atoms with van der Waals surface area (Å²) in [5.41, 5.74) is 3.55. The Morgan fingerprint density at radius 2 is 1.72 bits per heavy atom. The number of nitrogens with one attached hydrogen (secondary N) is 1. The molecule has 0 bridgehead atoms. The van der Waals surface area contributed by atoms with Crippen molar-refractivity contribution in [2.75, 3.05) is 13.1 Å². The maximum Gasteiger partial charge on any atom is 0.251 e. The van der Waals surface area contributed by atoms with Crippen LogP contribution >= 0.6 is 27.7 Å². The second kappa shape index (κ2) is 12.0. The molecule has 0 atom stereocenters. The number of hydrogen-bond acceptors (Lipinski definition) is 6. The zero-order valence-corrected chi connectivity index (χ0v) is 24.6. The minimum atomic E-state index is -3.53. The molecule has 0 saturated carbocycles. The first-order valence-electron chi connectivity index (χ1n) is 12.6. The van der Waals surface area contributed by atoms with Gasteiger partial charge in [0.2, 0.25) is 10.0 Å². The molecular formula is C28H28BrN5O3S2. The molecule has 3 aromatic carbocycles. The van der Waals surface area contributed by atoms with Gasteiger partial charge in [-0.25, -0.2) is 8.42 Å². The van der Waals surface area contributed by atoms with Gasteiger partial charge in [0.25, 0.3) is 5.91 Å². The lowest BCUT2D eigenvalue weighted by molar-refractivity contribution is 0.0949. The average Bonchev–Trinajstić information content (AvgIpc) is 3.63. The van der Waals surface area contributed by atoms with Crippen molar-refractivity contribution in [2.24, 2.45) is 0 Å². The molecule has 39 heavy (non-hydrogen) atoms. The zero-order valence-electron chi connectivity index (χ0n) is 21.4. The molecule has 8 nitrogen and oxygen atoms in total. The molecule has 1 saturated heterocycles. The van der Waals surface area contributed by atoms with Crippen LogP contribution in [0.15, 0.2) is 87.3 Å². The van der Waals surface area contributed by atoms with Crippen molar-refractivity contribution >= 4 is 43.6 Å². The lowest BCUT2D eigenvalue weighted by Gasteiger charge is -2.15. The predicted molar refractivity (Wildman–Crippen MR) is 155 cm³/mol. The summed E-state index contributed by atoms with van der Waals surface area (Å²) in [7, 11) is -3.53. The quantitative estimate of drug-likeness (QED) is 0.252. The van der Waals surface area contributed by atoms with Crippen LogP contribution in [0.25, 0.3) is 5.69 Å². The molecule has 0 spiro atoms. The largest absolute Gasteiger partial charge is 0.345 e. The number of aryl methyl sites for hydroxylation is 1. The molecule has 5 rings (SSSR count). The molecule has 1 N–H and O–H groups in total. The second-order valence-corrected chi connectivity index (χ2v) is 13.1. The summed E-state index contributed by atoms with van der Waals surface area (Å²) in [5, 5.41) is 12.5. The second-order valence-electron chi connectivity index (χ2n) is 9.31. The number of benzene rings is 3. The number of nitrogens with zero attached hydrogens (tertiary/aromatic N) is 4. The van der Waals surface area contributed by atoms with E-state index in [9.17, 15) is 13.2 Å². The van der Waals surface area contributed by atoms with Gasteiger partial charge in [0.05, 0.1) is 11.4 Å². The van der Waals surface area contributed by atoms with Gasteiger partial charge in [0.15, 0.2) is 11.0 Å². The normalized spacial score (nSPS) is 14.0. The highest BCUT2D eigenvalue weighted by Crippen LogP contribution is 2.27. The van der Waals surface area contributed by atoms with Crippen molar-refractivity contribution in [1.82, 2.24) is 24.4 Å². The molecule has 1 aromatic heterocycles. The maximum atomic E-state index is 12.9. The van der Waals surface area contributed by atoms with Gasteiger partial charge in [-0.05, 0) is 79.4 Å². The Kier molecular flexibility index (Phi) is 8.51. The lowest BCUT2D eigenvalue weighted by atomic mass is 10.2. The number of rotatable bonds is 9. The van der Waals surface area contributed by atoms with Crippen LogP contribution in [0, 0.1) is 6.92 Å². The van der Waals surface area contributed by atoms with Crippen LogP contribution < -0.4 is 5.32 Å². The van der Waals surface area contributed by atoms with Gasteiger partial charge in [-0.3, -0.25) is 9.36 Å². The summed E-state index contributed by atoms with van der Waals surface area (Å²) in [6, 6.07) is 22.3. The van der Waals surface area contributed by atoms with E-state index < -0.39 is 10.0 Å². The van der Waals surface area contributed by atoms with Gasteiger partial charge in [0, 0.05) is 34.6 Å². The Balaban J connectivity index is 1.31. The van der Waals surface area contributed by atoms with E-state index in [0.29, 0.717) is 24.5 Å². The molecule has 0 unspecified atom stereocenters. The number of carbonyl (C=O) groups excluding carboxylic acids is 1. The van der Waals surface area contributed by atoms with Crippen LogP contribution in [-0.4, -0.2) is 46.5 Å². The number of aromatic nitrogens is 3. The molecule has 1 fully saturated rings. The van der Waals surface area contributed by atoms with Gasteiger partial charge in [-0.1, -0.05) is 52.0 Å². The van der Waals surface area contributed by atoms with E-state index >= 15 is 0 Å². The third-order valence-corrected chi connectivity index (χ3v) is 9.91. The summed E-state index contributed by atoms with van der Waals surface area (Å²) in [6.45, 7) is 3.26. The molecule has 1 amide bonds. The highest BCUT2D eigenvalue weighted by molar-refractivity contribution is 9.10. The van der Waals surface area contributed by atoms with Gasteiger partial charge in [-0.2, -0.15) is 4.31 Å². The van der Waals surface area contributed by atoms with Crippen LogP contribution in [0.2, 0.25) is 0 Å². The fraction of sp³-hybridized carbons (Fsp3) is 0.250.